The third-order valence-electron chi connectivity index (χ3n) is 2.61. The minimum Gasteiger partial charge on any atom is -0.368 e. The van der Waals surface area contributed by atoms with E-state index < -0.39 is 5.91 Å². The van der Waals surface area contributed by atoms with E-state index >= 15 is 0 Å². The third-order valence-corrected chi connectivity index (χ3v) is 2.61. The van der Waals surface area contributed by atoms with Gasteiger partial charge in [0.15, 0.2) is 0 Å². The minimum atomic E-state index is -0.584. The Bertz CT molecular complexity index is 604. The molecule has 19 heavy (non-hydrogen) atoms. The molecule has 98 valence electrons. The Morgan fingerprint density at radius 3 is 2.63 bits per heavy atom. The molecule has 0 saturated carbocycles. The van der Waals surface area contributed by atoms with Crippen LogP contribution in [0.3, 0.4) is 0 Å². The van der Waals surface area contributed by atoms with Gasteiger partial charge in [-0.3, -0.25) is 14.3 Å². The van der Waals surface area contributed by atoms with Crippen LogP contribution in [0.1, 0.15) is 10.5 Å². The topological polar surface area (TPSA) is 90.0 Å². The number of nitrogens with two attached hydrogens (primary N) is 1. The third kappa shape index (κ3) is 2.98. The first-order valence-corrected chi connectivity index (χ1v) is 5.74. The van der Waals surface area contributed by atoms with Gasteiger partial charge in [-0.15, -0.1) is 0 Å². The number of nitrogens with zero attached hydrogens (tertiary/aromatic N) is 2. The minimum absolute atomic E-state index is 0.190. The molecule has 3 N–H and O–H groups in total. The predicted octanol–water partition coefficient (Wildman–Crippen LogP) is 0.302. The van der Waals surface area contributed by atoms with E-state index in [4.69, 9.17) is 5.73 Å². The molecule has 1 heterocycles. The van der Waals surface area contributed by atoms with Crippen LogP contribution in [0.4, 0.5) is 0 Å². The second kappa shape index (κ2) is 5.34. The Hall–Kier alpha value is -2.63. The van der Waals surface area contributed by atoms with Crippen LogP contribution < -0.4 is 11.1 Å². The highest BCUT2D eigenvalue weighted by Gasteiger charge is 2.14. The summed E-state index contributed by atoms with van der Waals surface area (Å²) in [5, 5.41) is 6.70. The van der Waals surface area contributed by atoms with E-state index in [0.29, 0.717) is 11.4 Å². The molecule has 0 radical (unpaired) electrons. The molecular formula is C13H14N4O2. The molecular weight excluding hydrogens is 244 g/mol. The Morgan fingerprint density at radius 1 is 1.32 bits per heavy atom. The second-order valence-corrected chi connectivity index (χ2v) is 4.05. The number of hydrogen-bond acceptors (Lipinski definition) is 3. The molecule has 0 aliphatic carbocycles. The Balaban J connectivity index is 2.22. The predicted molar refractivity (Wildman–Crippen MR) is 70.2 cm³/mol. The van der Waals surface area contributed by atoms with Crippen molar-refractivity contribution in [1.82, 2.24) is 15.1 Å². The summed E-state index contributed by atoms with van der Waals surface area (Å²) in [6.45, 7) is -0.190. The number of nitrogens with one attached hydrogen (secondary N) is 1. The van der Waals surface area contributed by atoms with E-state index in [-0.39, 0.29) is 12.5 Å². The maximum atomic E-state index is 11.8. The fourth-order valence-electron chi connectivity index (χ4n) is 1.69. The van der Waals surface area contributed by atoms with Crippen molar-refractivity contribution in [2.45, 2.75) is 0 Å². The molecule has 0 bridgehead atoms. The molecule has 1 aromatic heterocycles. The SMILES string of the molecule is Cn1nc(-c2ccccc2)cc1C(=O)NCC(N)=O. The summed E-state index contributed by atoms with van der Waals surface area (Å²) < 4.78 is 1.47. The van der Waals surface area contributed by atoms with Crippen molar-refractivity contribution >= 4 is 11.8 Å². The van der Waals surface area contributed by atoms with Crippen LogP contribution in [0.15, 0.2) is 36.4 Å². The van der Waals surface area contributed by atoms with Crippen LogP contribution in [-0.2, 0) is 11.8 Å². The van der Waals surface area contributed by atoms with Crippen molar-refractivity contribution in [3.63, 3.8) is 0 Å². The van der Waals surface area contributed by atoms with Crippen molar-refractivity contribution < 1.29 is 9.59 Å². The van der Waals surface area contributed by atoms with Gasteiger partial charge in [-0.05, 0) is 6.07 Å². The number of benzene rings is 1. The molecule has 0 unspecified atom stereocenters. The molecule has 0 saturated heterocycles. The summed E-state index contributed by atoms with van der Waals surface area (Å²) in [5.41, 5.74) is 6.98. The fourth-order valence-corrected chi connectivity index (χ4v) is 1.69. The fraction of sp³-hybridized carbons (Fsp3) is 0.154. The van der Waals surface area contributed by atoms with Crippen LogP contribution in [0.2, 0.25) is 0 Å². The first-order chi connectivity index (χ1) is 9.08. The lowest BCUT2D eigenvalue weighted by Gasteiger charge is -2.01. The van der Waals surface area contributed by atoms with Crippen molar-refractivity contribution in [2.75, 3.05) is 6.54 Å². The molecule has 6 heteroatoms. The molecule has 0 fully saturated rings. The molecule has 6 nitrogen and oxygen atoms in total. The number of hydrogen-bond donors (Lipinski definition) is 2. The molecule has 0 atom stereocenters. The second-order valence-electron chi connectivity index (χ2n) is 4.05. The molecule has 2 aromatic rings. The number of primary amides is 1. The monoisotopic (exact) mass is 258 g/mol. The molecule has 0 aliphatic heterocycles. The highest BCUT2D eigenvalue weighted by Crippen LogP contribution is 2.18. The van der Waals surface area contributed by atoms with Crippen LogP contribution in [0.25, 0.3) is 11.3 Å². The van der Waals surface area contributed by atoms with Crippen LogP contribution in [0, 0.1) is 0 Å². The lowest BCUT2D eigenvalue weighted by Crippen LogP contribution is -2.34. The average molecular weight is 258 g/mol. The normalized spacial score (nSPS) is 10.2. The molecule has 2 amide bonds. The summed E-state index contributed by atoms with van der Waals surface area (Å²) in [7, 11) is 1.67. The van der Waals surface area contributed by atoms with Gasteiger partial charge in [-0.25, -0.2) is 0 Å². The van der Waals surface area contributed by atoms with Gasteiger partial charge >= 0.3 is 0 Å². The van der Waals surface area contributed by atoms with E-state index in [2.05, 4.69) is 10.4 Å². The lowest BCUT2D eigenvalue weighted by molar-refractivity contribution is -0.117. The van der Waals surface area contributed by atoms with Gasteiger partial charge in [0.2, 0.25) is 5.91 Å². The summed E-state index contributed by atoms with van der Waals surface area (Å²) in [4.78, 5) is 22.5. The summed E-state index contributed by atoms with van der Waals surface area (Å²) in [6, 6.07) is 11.2. The Kier molecular flexibility index (Phi) is 3.61. The van der Waals surface area contributed by atoms with Crippen LogP contribution >= 0.6 is 0 Å². The highest BCUT2D eigenvalue weighted by atomic mass is 16.2. The quantitative estimate of drug-likeness (QED) is 0.826. The van der Waals surface area contributed by atoms with Crippen molar-refractivity contribution in [3.05, 3.63) is 42.1 Å². The summed E-state index contributed by atoms with van der Waals surface area (Å²) >= 11 is 0. The van der Waals surface area contributed by atoms with E-state index in [1.165, 1.54) is 4.68 Å². The van der Waals surface area contributed by atoms with Gasteiger partial charge in [0.25, 0.3) is 5.91 Å². The highest BCUT2D eigenvalue weighted by molar-refractivity contribution is 5.95. The maximum absolute atomic E-state index is 11.8. The molecule has 2 rings (SSSR count). The zero-order chi connectivity index (χ0) is 13.8. The van der Waals surface area contributed by atoms with Gasteiger partial charge in [0.05, 0.1) is 12.2 Å². The summed E-state index contributed by atoms with van der Waals surface area (Å²) in [6.07, 6.45) is 0. The van der Waals surface area contributed by atoms with Gasteiger partial charge in [0.1, 0.15) is 5.69 Å². The van der Waals surface area contributed by atoms with E-state index in [9.17, 15) is 9.59 Å². The van der Waals surface area contributed by atoms with E-state index in [1.54, 1.807) is 13.1 Å². The van der Waals surface area contributed by atoms with Crippen molar-refractivity contribution in [2.24, 2.45) is 12.8 Å². The number of aryl methyl sites for hydroxylation is 1. The van der Waals surface area contributed by atoms with Crippen molar-refractivity contribution in [1.29, 1.82) is 0 Å². The molecule has 0 spiro atoms. The van der Waals surface area contributed by atoms with E-state index in [0.717, 1.165) is 5.56 Å². The largest absolute Gasteiger partial charge is 0.368 e. The molecule has 1 aromatic carbocycles. The maximum Gasteiger partial charge on any atom is 0.269 e. The lowest BCUT2D eigenvalue weighted by atomic mass is 10.1. The number of carbonyl (C=O) groups is 2. The smallest absolute Gasteiger partial charge is 0.269 e. The zero-order valence-corrected chi connectivity index (χ0v) is 10.5. The average Bonchev–Trinajstić information content (AvgIpc) is 2.79. The molecule has 0 aliphatic rings. The number of aromatic nitrogens is 2. The van der Waals surface area contributed by atoms with Gasteiger partial charge in [-0.2, -0.15) is 5.10 Å². The van der Waals surface area contributed by atoms with Gasteiger partial charge in [0, 0.05) is 12.6 Å². The zero-order valence-electron chi connectivity index (χ0n) is 10.5. The van der Waals surface area contributed by atoms with E-state index in [1.807, 2.05) is 30.3 Å². The van der Waals surface area contributed by atoms with Crippen molar-refractivity contribution in [3.8, 4) is 11.3 Å². The number of carbonyl (C=O) groups excluding carboxylic acids is 2. The van der Waals surface area contributed by atoms with Gasteiger partial charge < -0.3 is 11.1 Å². The van der Waals surface area contributed by atoms with Crippen LogP contribution in [0.5, 0.6) is 0 Å². The van der Waals surface area contributed by atoms with Crippen LogP contribution in [-0.4, -0.2) is 28.1 Å². The number of rotatable bonds is 4. The summed E-state index contributed by atoms with van der Waals surface area (Å²) in [5.74, 6) is -0.963. The van der Waals surface area contributed by atoms with Gasteiger partial charge in [-0.1, -0.05) is 30.3 Å². The Morgan fingerprint density at radius 2 is 2.00 bits per heavy atom. The first-order valence-electron chi connectivity index (χ1n) is 5.74. The first kappa shape index (κ1) is 12.8. The Labute approximate surface area is 110 Å². The standard InChI is InChI=1S/C13H14N4O2/c1-17-11(13(19)15-8-12(14)18)7-10(16-17)9-5-3-2-4-6-9/h2-7H,8H2,1H3,(H2,14,18)(H,15,19). The number of amides is 2.